The third-order valence-electron chi connectivity index (χ3n) is 2.42. The SMILES string of the molecule is CC(C)c1nc(Br)cc(Nc2cc(Cl)ccc2Cl)n1. The molecule has 0 saturated heterocycles. The van der Waals surface area contributed by atoms with E-state index in [1.165, 1.54) is 0 Å². The molecule has 1 heterocycles. The van der Waals surface area contributed by atoms with E-state index in [4.69, 9.17) is 23.2 Å². The van der Waals surface area contributed by atoms with Gasteiger partial charge >= 0.3 is 0 Å². The fraction of sp³-hybridized carbons (Fsp3) is 0.231. The van der Waals surface area contributed by atoms with Gasteiger partial charge < -0.3 is 5.32 Å². The molecule has 100 valence electrons. The molecule has 0 amide bonds. The predicted octanol–water partition coefficient (Wildman–Crippen LogP) is 5.41. The number of nitrogens with zero attached hydrogens (tertiary/aromatic N) is 2. The Hall–Kier alpha value is -0.840. The summed E-state index contributed by atoms with van der Waals surface area (Å²) in [6.07, 6.45) is 0. The van der Waals surface area contributed by atoms with Crippen LogP contribution in [0.3, 0.4) is 0 Å². The maximum Gasteiger partial charge on any atom is 0.135 e. The molecule has 19 heavy (non-hydrogen) atoms. The molecule has 0 aliphatic rings. The van der Waals surface area contributed by atoms with Crippen molar-refractivity contribution >= 4 is 50.6 Å². The third kappa shape index (κ3) is 3.81. The van der Waals surface area contributed by atoms with Crippen molar-refractivity contribution in [1.29, 1.82) is 0 Å². The average molecular weight is 361 g/mol. The Morgan fingerprint density at radius 1 is 1.16 bits per heavy atom. The van der Waals surface area contributed by atoms with E-state index in [-0.39, 0.29) is 5.92 Å². The summed E-state index contributed by atoms with van der Waals surface area (Å²) >= 11 is 15.4. The van der Waals surface area contributed by atoms with Crippen molar-refractivity contribution in [2.75, 3.05) is 5.32 Å². The minimum absolute atomic E-state index is 0.243. The molecule has 1 aromatic heterocycles. The second-order valence-electron chi connectivity index (χ2n) is 4.34. The van der Waals surface area contributed by atoms with Crippen LogP contribution < -0.4 is 5.32 Å². The van der Waals surface area contributed by atoms with E-state index in [0.717, 1.165) is 16.1 Å². The molecule has 0 saturated carbocycles. The Kier molecular flexibility index (Phi) is 4.66. The van der Waals surface area contributed by atoms with Gasteiger partial charge in [0.05, 0.1) is 10.7 Å². The highest BCUT2D eigenvalue weighted by Crippen LogP contribution is 2.28. The van der Waals surface area contributed by atoms with Crippen LogP contribution in [0.15, 0.2) is 28.9 Å². The van der Waals surface area contributed by atoms with Crippen molar-refractivity contribution in [3.63, 3.8) is 0 Å². The maximum atomic E-state index is 6.11. The predicted molar refractivity (Wildman–Crippen MR) is 83.6 cm³/mol. The molecule has 0 aliphatic carbocycles. The Labute approximate surface area is 130 Å². The van der Waals surface area contributed by atoms with Crippen molar-refractivity contribution in [1.82, 2.24) is 9.97 Å². The zero-order valence-corrected chi connectivity index (χ0v) is 13.5. The number of anilines is 2. The molecule has 2 rings (SSSR count). The summed E-state index contributed by atoms with van der Waals surface area (Å²) in [7, 11) is 0. The molecule has 3 nitrogen and oxygen atoms in total. The molecular formula is C13H12BrCl2N3. The summed E-state index contributed by atoms with van der Waals surface area (Å²) < 4.78 is 0.729. The zero-order chi connectivity index (χ0) is 14.0. The summed E-state index contributed by atoms with van der Waals surface area (Å²) in [6, 6.07) is 7.04. The van der Waals surface area contributed by atoms with Gasteiger partial charge in [0.15, 0.2) is 0 Å². The summed E-state index contributed by atoms with van der Waals surface area (Å²) in [6.45, 7) is 4.08. The quantitative estimate of drug-likeness (QED) is 0.743. The van der Waals surface area contributed by atoms with Crippen molar-refractivity contribution in [3.8, 4) is 0 Å². The van der Waals surface area contributed by atoms with Gasteiger partial charge in [0.25, 0.3) is 0 Å². The average Bonchev–Trinajstić information content (AvgIpc) is 2.33. The lowest BCUT2D eigenvalue weighted by molar-refractivity contribution is 0.771. The van der Waals surface area contributed by atoms with Crippen LogP contribution in [0.4, 0.5) is 11.5 Å². The van der Waals surface area contributed by atoms with Crippen LogP contribution in [0.2, 0.25) is 10.0 Å². The number of hydrogen-bond acceptors (Lipinski definition) is 3. The van der Waals surface area contributed by atoms with Gasteiger partial charge in [0.2, 0.25) is 0 Å². The molecule has 6 heteroatoms. The highest BCUT2D eigenvalue weighted by molar-refractivity contribution is 9.10. The third-order valence-corrected chi connectivity index (χ3v) is 3.39. The molecular weight excluding hydrogens is 349 g/mol. The van der Waals surface area contributed by atoms with Gasteiger partial charge in [0.1, 0.15) is 16.2 Å². The summed E-state index contributed by atoms with van der Waals surface area (Å²) in [5.74, 6) is 1.68. The molecule has 0 fully saturated rings. The molecule has 2 aromatic rings. The fourth-order valence-electron chi connectivity index (χ4n) is 1.49. The van der Waals surface area contributed by atoms with Gasteiger partial charge in [-0.2, -0.15) is 0 Å². The van der Waals surface area contributed by atoms with Crippen LogP contribution in [0.1, 0.15) is 25.6 Å². The molecule has 0 aliphatic heterocycles. The first kappa shape index (κ1) is 14.6. The van der Waals surface area contributed by atoms with E-state index in [0.29, 0.717) is 15.9 Å². The lowest BCUT2D eigenvalue weighted by atomic mass is 10.2. The fourth-order valence-corrected chi connectivity index (χ4v) is 2.22. The van der Waals surface area contributed by atoms with Crippen LogP contribution in [-0.2, 0) is 0 Å². The number of benzene rings is 1. The zero-order valence-electron chi connectivity index (χ0n) is 10.4. The van der Waals surface area contributed by atoms with Gasteiger partial charge in [-0.25, -0.2) is 9.97 Å². The summed E-state index contributed by atoms with van der Waals surface area (Å²) in [5.41, 5.74) is 0.717. The molecule has 1 aromatic carbocycles. The minimum atomic E-state index is 0.243. The molecule has 0 spiro atoms. The number of halogens is 3. The number of nitrogens with one attached hydrogen (secondary N) is 1. The van der Waals surface area contributed by atoms with Crippen molar-refractivity contribution in [3.05, 3.63) is 44.7 Å². The van der Waals surface area contributed by atoms with Crippen molar-refractivity contribution in [2.24, 2.45) is 0 Å². The smallest absolute Gasteiger partial charge is 0.135 e. The van der Waals surface area contributed by atoms with E-state index in [2.05, 4.69) is 31.2 Å². The minimum Gasteiger partial charge on any atom is -0.339 e. The number of aromatic nitrogens is 2. The molecule has 1 N–H and O–H groups in total. The van der Waals surface area contributed by atoms with Crippen LogP contribution >= 0.6 is 39.1 Å². The Morgan fingerprint density at radius 3 is 2.58 bits per heavy atom. The van der Waals surface area contributed by atoms with Gasteiger partial charge in [-0.1, -0.05) is 37.0 Å². The first-order chi connectivity index (χ1) is 8.95. The molecule has 0 atom stereocenters. The normalized spacial score (nSPS) is 10.8. The van der Waals surface area contributed by atoms with Crippen molar-refractivity contribution in [2.45, 2.75) is 19.8 Å². The van der Waals surface area contributed by atoms with Crippen LogP contribution in [-0.4, -0.2) is 9.97 Å². The second kappa shape index (κ2) is 6.07. The van der Waals surface area contributed by atoms with E-state index in [9.17, 15) is 0 Å². The van der Waals surface area contributed by atoms with Gasteiger partial charge in [-0.3, -0.25) is 0 Å². The van der Waals surface area contributed by atoms with E-state index in [1.807, 2.05) is 13.8 Å². The van der Waals surface area contributed by atoms with Crippen molar-refractivity contribution < 1.29 is 0 Å². The first-order valence-electron chi connectivity index (χ1n) is 5.72. The summed E-state index contributed by atoms with van der Waals surface area (Å²) in [5, 5.41) is 4.35. The van der Waals surface area contributed by atoms with Crippen LogP contribution in [0, 0.1) is 0 Å². The molecule has 0 radical (unpaired) electrons. The molecule has 0 bridgehead atoms. The molecule has 0 unspecified atom stereocenters. The Bertz CT molecular complexity index is 602. The highest BCUT2D eigenvalue weighted by Gasteiger charge is 2.08. The number of hydrogen-bond donors (Lipinski definition) is 1. The monoisotopic (exact) mass is 359 g/mol. The highest BCUT2D eigenvalue weighted by atomic mass is 79.9. The lowest BCUT2D eigenvalue weighted by Crippen LogP contribution is -2.02. The van der Waals surface area contributed by atoms with Gasteiger partial charge in [-0.15, -0.1) is 0 Å². The second-order valence-corrected chi connectivity index (χ2v) is 5.99. The van der Waals surface area contributed by atoms with E-state index < -0.39 is 0 Å². The Balaban J connectivity index is 2.35. The Morgan fingerprint density at radius 2 is 1.89 bits per heavy atom. The van der Waals surface area contributed by atoms with Gasteiger partial charge in [-0.05, 0) is 34.1 Å². The summed E-state index contributed by atoms with van der Waals surface area (Å²) in [4.78, 5) is 8.77. The lowest BCUT2D eigenvalue weighted by Gasteiger charge is -2.11. The van der Waals surface area contributed by atoms with Gasteiger partial charge in [0, 0.05) is 17.0 Å². The first-order valence-corrected chi connectivity index (χ1v) is 7.27. The standard InChI is InChI=1S/C13H12BrCl2N3/c1-7(2)13-18-11(14)6-12(19-13)17-10-5-8(15)3-4-9(10)16/h3-7H,1-2H3,(H,17,18,19). The van der Waals surface area contributed by atoms with Crippen LogP contribution in [0.5, 0.6) is 0 Å². The largest absolute Gasteiger partial charge is 0.339 e. The van der Waals surface area contributed by atoms with E-state index in [1.54, 1.807) is 24.3 Å². The maximum absolute atomic E-state index is 6.11. The van der Waals surface area contributed by atoms with E-state index >= 15 is 0 Å². The van der Waals surface area contributed by atoms with Crippen LogP contribution in [0.25, 0.3) is 0 Å². The topological polar surface area (TPSA) is 37.8 Å². The number of rotatable bonds is 3.